The average molecular weight is 721 g/mol. The van der Waals surface area contributed by atoms with Crippen molar-refractivity contribution in [2.24, 2.45) is 11.8 Å². The quantitative estimate of drug-likeness (QED) is 0.129. The molecule has 0 aliphatic carbocycles. The number of carboxylic acid groups (broad SMARTS) is 1. The van der Waals surface area contributed by atoms with Crippen molar-refractivity contribution >= 4 is 29.8 Å². The minimum absolute atomic E-state index is 0.0723. The lowest BCUT2D eigenvalue weighted by Gasteiger charge is -2.26. The smallest absolute Gasteiger partial charge is 0.416 e. The minimum atomic E-state index is -4.49. The van der Waals surface area contributed by atoms with Crippen LogP contribution in [0.4, 0.5) is 18.0 Å². The summed E-state index contributed by atoms with van der Waals surface area (Å²) in [6.07, 6.45) is -3.82. The molecule has 0 saturated heterocycles. The zero-order valence-electron chi connectivity index (χ0n) is 30.1. The van der Waals surface area contributed by atoms with Gasteiger partial charge in [-0.2, -0.15) is 13.2 Å². The maximum absolute atomic E-state index is 13.7. The van der Waals surface area contributed by atoms with Gasteiger partial charge in [0.15, 0.2) is 0 Å². The van der Waals surface area contributed by atoms with Crippen LogP contribution in [0.25, 0.3) is 0 Å². The highest BCUT2D eigenvalue weighted by Crippen LogP contribution is 2.29. The first-order valence-electron chi connectivity index (χ1n) is 17.1. The molecule has 0 unspecified atom stereocenters. The number of aliphatic carboxylic acids is 1. The number of alkyl halides is 3. The van der Waals surface area contributed by atoms with Crippen LogP contribution in [-0.4, -0.2) is 65.2 Å². The maximum Gasteiger partial charge on any atom is 0.416 e. The van der Waals surface area contributed by atoms with Crippen LogP contribution in [0.2, 0.25) is 0 Å². The second kappa shape index (κ2) is 19.7. The highest BCUT2D eigenvalue weighted by atomic mass is 19.4. The van der Waals surface area contributed by atoms with Crippen LogP contribution in [0, 0.1) is 11.8 Å². The van der Waals surface area contributed by atoms with Crippen molar-refractivity contribution in [2.75, 3.05) is 6.54 Å². The van der Waals surface area contributed by atoms with Crippen LogP contribution in [0.1, 0.15) is 83.9 Å². The molecule has 11 nitrogen and oxygen atoms in total. The first-order valence-corrected chi connectivity index (χ1v) is 17.1. The molecule has 0 saturated carbocycles. The van der Waals surface area contributed by atoms with Crippen LogP contribution >= 0.6 is 0 Å². The molecule has 0 aromatic heterocycles. The van der Waals surface area contributed by atoms with E-state index in [4.69, 9.17) is 4.74 Å². The fourth-order valence-electron chi connectivity index (χ4n) is 5.13. The van der Waals surface area contributed by atoms with Crippen molar-refractivity contribution in [1.29, 1.82) is 0 Å². The third kappa shape index (κ3) is 16.3. The van der Waals surface area contributed by atoms with E-state index >= 15 is 0 Å². The van der Waals surface area contributed by atoms with Gasteiger partial charge in [-0.05, 0) is 82.1 Å². The van der Waals surface area contributed by atoms with Gasteiger partial charge in [0.2, 0.25) is 17.7 Å². The predicted octanol–water partition coefficient (Wildman–Crippen LogP) is 5.41. The Kier molecular flexibility index (Phi) is 16.4. The van der Waals surface area contributed by atoms with E-state index in [-0.39, 0.29) is 38.1 Å². The number of unbranched alkanes of at least 4 members (excludes halogenated alkanes) is 1. The largest absolute Gasteiger partial charge is 0.480 e. The molecule has 4 amide bonds. The lowest BCUT2D eigenvalue weighted by atomic mass is 9.97. The number of alkyl carbamates (subject to hydrolysis) is 1. The number of hydrogen-bond acceptors (Lipinski definition) is 6. The van der Waals surface area contributed by atoms with Crippen molar-refractivity contribution in [3.63, 3.8) is 0 Å². The second-order valence-corrected chi connectivity index (χ2v) is 14.1. The molecular weight excluding hydrogens is 669 g/mol. The van der Waals surface area contributed by atoms with Gasteiger partial charge in [0.1, 0.15) is 23.7 Å². The van der Waals surface area contributed by atoms with Crippen LogP contribution in [0.3, 0.4) is 0 Å². The van der Waals surface area contributed by atoms with E-state index in [1.807, 2.05) is 13.8 Å². The number of hydrogen-bond donors (Lipinski definition) is 5. The van der Waals surface area contributed by atoms with Crippen LogP contribution in [-0.2, 0) is 42.9 Å². The Morgan fingerprint density at radius 3 is 1.82 bits per heavy atom. The zero-order chi connectivity index (χ0) is 38.4. The van der Waals surface area contributed by atoms with E-state index < -0.39 is 71.2 Å². The highest BCUT2D eigenvalue weighted by Gasteiger charge is 2.32. The van der Waals surface area contributed by atoms with E-state index in [2.05, 4.69) is 21.3 Å². The fourth-order valence-corrected chi connectivity index (χ4v) is 5.13. The van der Waals surface area contributed by atoms with Crippen LogP contribution < -0.4 is 21.3 Å². The Labute approximate surface area is 297 Å². The Morgan fingerprint density at radius 1 is 0.725 bits per heavy atom. The van der Waals surface area contributed by atoms with E-state index in [0.717, 1.165) is 17.7 Å². The molecule has 0 bridgehead atoms. The zero-order valence-corrected chi connectivity index (χ0v) is 30.1. The van der Waals surface area contributed by atoms with Gasteiger partial charge in [-0.25, -0.2) is 9.59 Å². The van der Waals surface area contributed by atoms with Crippen LogP contribution in [0.15, 0.2) is 54.6 Å². The SMILES string of the molecule is CC(C)C[C@@H](NC(=O)[C@@H](Cc1ccccc1)NC(=O)[C@H](C)Cc1ccc(C(F)(F)F)cc1)C(=O)N[C@H](CCCCNC(=O)OC(C)(C)C)C(=O)O. The van der Waals surface area contributed by atoms with Crippen molar-refractivity contribution in [3.8, 4) is 0 Å². The van der Waals surface area contributed by atoms with Gasteiger partial charge in [-0.15, -0.1) is 0 Å². The summed E-state index contributed by atoms with van der Waals surface area (Å²) in [7, 11) is 0. The third-order valence-electron chi connectivity index (χ3n) is 7.73. The summed E-state index contributed by atoms with van der Waals surface area (Å²) in [5, 5.41) is 20.4. The molecule has 2 aromatic rings. The Morgan fingerprint density at radius 2 is 1.27 bits per heavy atom. The number of halogens is 3. The topological polar surface area (TPSA) is 163 Å². The van der Waals surface area contributed by atoms with Gasteiger partial charge in [-0.1, -0.05) is 63.2 Å². The number of carbonyl (C=O) groups is 5. The van der Waals surface area contributed by atoms with Crippen molar-refractivity contribution in [2.45, 2.75) is 110 Å². The number of benzene rings is 2. The van der Waals surface area contributed by atoms with Crippen LogP contribution in [0.5, 0.6) is 0 Å². The van der Waals surface area contributed by atoms with Gasteiger partial charge >= 0.3 is 18.2 Å². The molecule has 282 valence electrons. The molecule has 2 aromatic carbocycles. The molecule has 5 N–H and O–H groups in total. The van der Waals surface area contributed by atoms with Crippen molar-refractivity contribution in [3.05, 3.63) is 71.3 Å². The molecule has 0 heterocycles. The second-order valence-electron chi connectivity index (χ2n) is 14.1. The highest BCUT2D eigenvalue weighted by molar-refractivity contribution is 5.93. The van der Waals surface area contributed by atoms with Gasteiger partial charge in [0.05, 0.1) is 5.56 Å². The summed E-state index contributed by atoms with van der Waals surface area (Å²) in [6, 6.07) is 9.91. The number of carboxylic acids is 1. The lowest BCUT2D eigenvalue weighted by Crippen LogP contribution is -2.57. The summed E-state index contributed by atoms with van der Waals surface area (Å²) < 4.78 is 44.1. The van der Waals surface area contributed by atoms with E-state index in [1.54, 1.807) is 58.0 Å². The molecule has 51 heavy (non-hydrogen) atoms. The minimum Gasteiger partial charge on any atom is -0.480 e. The normalized spacial score (nSPS) is 14.1. The summed E-state index contributed by atoms with van der Waals surface area (Å²) in [6.45, 7) is 10.7. The molecule has 2 rings (SSSR count). The molecule has 4 atom stereocenters. The Balaban J connectivity index is 2.11. The molecular formula is C37H51F3N4O7. The van der Waals surface area contributed by atoms with Gasteiger partial charge in [-0.3, -0.25) is 14.4 Å². The van der Waals surface area contributed by atoms with Gasteiger partial charge in [0.25, 0.3) is 0 Å². The third-order valence-corrected chi connectivity index (χ3v) is 7.73. The number of nitrogens with one attached hydrogen (secondary N) is 4. The molecule has 0 aliphatic rings. The van der Waals surface area contributed by atoms with Gasteiger partial charge in [0, 0.05) is 18.9 Å². The first-order chi connectivity index (χ1) is 23.7. The summed E-state index contributed by atoms with van der Waals surface area (Å²) in [5.74, 6) is -3.91. The first kappa shape index (κ1) is 42.5. The molecule has 0 radical (unpaired) electrons. The molecule has 0 spiro atoms. The number of carbonyl (C=O) groups excluding carboxylic acids is 4. The summed E-state index contributed by atoms with van der Waals surface area (Å²) in [4.78, 5) is 64.3. The maximum atomic E-state index is 13.7. The summed E-state index contributed by atoms with van der Waals surface area (Å²) in [5.41, 5.74) is -0.222. The average Bonchev–Trinajstić information content (AvgIpc) is 3.02. The predicted molar refractivity (Wildman–Crippen MR) is 185 cm³/mol. The molecule has 0 fully saturated rings. The monoisotopic (exact) mass is 720 g/mol. The van der Waals surface area contributed by atoms with Gasteiger partial charge < -0.3 is 31.1 Å². The molecule has 0 aliphatic heterocycles. The number of ether oxygens (including phenoxy) is 1. The number of amides is 4. The van der Waals surface area contributed by atoms with Crippen molar-refractivity contribution < 1.29 is 47.0 Å². The Bertz CT molecular complexity index is 1440. The lowest BCUT2D eigenvalue weighted by molar-refractivity contribution is -0.142. The standard InChI is InChI=1S/C37H51F3N4O7/c1-23(2)20-29(32(46)42-28(34(48)49)14-10-11-19-41-35(50)51-36(4,5)6)44-33(47)30(22-25-12-8-7-9-13-25)43-31(45)24(3)21-26-15-17-27(18-16-26)37(38,39)40/h7-9,12-13,15-18,23-24,28-30H,10-11,14,19-22H2,1-6H3,(H,41,50)(H,42,46)(H,43,45)(H,44,47)(H,48,49)/t24-,28-,29-,30-/m1/s1. The summed E-state index contributed by atoms with van der Waals surface area (Å²) >= 11 is 0. The Hall–Kier alpha value is -4.62. The van der Waals surface area contributed by atoms with Crippen molar-refractivity contribution in [1.82, 2.24) is 21.3 Å². The van der Waals surface area contributed by atoms with E-state index in [9.17, 15) is 42.3 Å². The van der Waals surface area contributed by atoms with E-state index in [1.165, 1.54) is 12.1 Å². The fraction of sp³-hybridized carbons (Fsp3) is 0.541. The van der Waals surface area contributed by atoms with E-state index in [0.29, 0.717) is 18.4 Å². The molecule has 14 heteroatoms. The number of rotatable bonds is 18.